The van der Waals surface area contributed by atoms with Gasteiger partial charge >= 0.3 is 0 Å². The number of unbranched alkanes of at least 4 members (excludes halogenated alkanes) is 1. The van der Waals surface area contributed by atoms with E-state index in [1.165, 1.54) is 16.6 Å². The predicted octanol–water partition coefficient (Wildman–Crippen LogP) is 5.28. The number of imidazole rings is 1. The molecule has 0 N–H and O–H groups in total. The summed E-state index contributed by atoms with van der Waals surface area (Å²) in [5, 5.41) is 0. The first-order chi connectivity index (χ1) is 10.6. The van der Waals surface area contributed by atoms with Crippen molar-refractivity contribution in [2.75, 3.05) is 0 Å². The van der Waals surface area contributed by atoms with Gasteiger partial charge in [0.05, 0.1) is 16.6 Å². The average molecular weight is 358 g/mol. The van der Waals surface area contributed by atoms with Crippen molar-refractivity contribution >= 4 is 27.0 Å². The van der Waals surface area contributed by atoms with Gasteiger partial charge in [0.2, 0.25) is 0 Å². The molecule has 3 rings (SSSR count). The minimum absolute atomic E-state index is 0.844. The van der Waals surface area contributed by atoms with E-state index >= 15 is 0 Å². The van der Waals surface area contributed by atoms with Gasteiger partial charge in [0.1, 0.15) is 10.4 Å². The van der Waals surface area contributed by atoms with E-state index in [0.717, 1.165) is 40.9 Å². The Labute approximate surface area is 139 Å². The molecule has 0 aliphatic carbocycles. The molecule has 2 heterocycles. The lowest BCUT2D eigenvalue weighted by Gasteiger charge is -2.10. The molecule has 4 heteroatoms. The minimum atomic E-state index is 0.844. The summed E-state index contributed by atoms with van der Waals surface area (Å²) in [7, 11) is 0. The van der Waals surface area contributed by atoms with Crippen LogP contribution < -0.4 is 0 Å². The van der Waals surface area contributed by atoms with Crippen LogP contribution in [0, 0.1) is 13.8 Å². The van der Waals surface area contributed by atoms with Crippen molar-refractivity contribution in [3.8, 4) is 11.4 Å². The molecule has 0 saturated carbocycles. The Morgan fingerprint density at radius 1 is 1.18 bits per heavy atom. The smallest absolute Gasteiger partial charge is 0.143 e. The van der Waals surface area contributed by atoms with Crippen LogP contribution in [0.5, 0.6) is 0 Å². The van der Waals surface area contributed by atoms with Crippen LogP contribution >= 0.6 is 15.9 Å². The number of pyridine rings is 1. The van der Waals surface area contributed by atoms with E-state index in [-0.39, 0.29) is 0 Å². The van der Waals surface area contributed by atoms with Gasteiger partial charge in [-0.1, -0.05) is 13.3 Å². The summed E-state index contributed by atoms with van der Waals surface area (Å²) in [5.41, 5.74) is 5.91. The summed E-state index contributed by atoms with van der Waals surface area (Å²) in [6.07, 6.45) is 4.10. The molecule has 0 unspecified atom stereocenters. The highest BCUT2D eigenvalue weighted by atomic mass is 79.9. The summed E-state index contributed by atoms with van der Waals surface area (Å²) in [6, 6.07) is 8.46. The quantitative estimate of drug-likeness (QED) is 0.594. The maximum absolute atomic E-state index is 4.89. The van der Waals surface area contributed by atoms with E-state index in [9.17, 15) is 0 Å². The molecule has 0 atom stereocenters. The molecule has 0 saturated heterocycles. The Bertz CT molecular complexity index is 821. The third-order valence-electron chi connectivity index (χ3n) is 4.10. The number of aromatic nitrogens is 3. The zero-order valence-corrected chi connectivity index (χ0v) is 14.8. The Kier molecular flexibility index (Phi) is 4.30. The van der Waals surface area contributed by atoms with E-state index in [0.29, 0.717) is 0 Å². The maximum atomic E-state index is 4.89. The van der Waals surface area contributed by atoms with E-state index in [1.54, 1.807) is 6.20 Å². The number of hydrogen-bond acceptors (Lipinski definition) is 2. The molecule has 0 aliphatic rings. The van der Waals surface area contributed by atoms with Crippen molar-refractivity contribution in [3.05, 3.63) is 46.2 Å². The van der Waals surface area contributed by atoms with Gasteiger partial charge in [-0.2, -0.15) is 0 Å². The van der Waals surface area contributed by atoms with Crippen LogP contribution in [0.1, 0.15) is 30.9 Å². The Hall–Kier alpha value is -1.68. The number of nitrogens with zero attached hydrogens (tertiary/aromatic N) is 3. The lowest BCUT2D eigenvalue weighted by Crippen LogP contribution is -2.01. The fourth-order valence-electron chi connectivity index (χ4n) is 2.68. The van der Waals surface area contributed by atoms with Gasteiger partial charge in [-0.25, -0.2) is 9.97 Å². The molecule has 0 radical (unpaired) electrons. The lowest BCUT2D eigenvalue weighted by molar-refractivity contribution is 0.650. The molecule has 3 nitrogen and oxygen atoms in total. The Balaban J connectivity index is 2.26. The fourth-order valence-corrected chi connectivity index (χ4v) is 3.11. The molecule has 1 aromatic carbocycles. The van der Waals surface area contributed by atoms with Crippen LogP contribution in [0.25, 0.3) is 22.4 Å². The van der Waals surface area contributed by atoms with E-state index in [2.05, 4.69) is 64.5 Å². The summed E-state index contributed by atoms with van der Waals surface area (Å²) in [5.74, 6) is 0.994. The number of rotatable bonds is 4. The number of aryl methyl sites for hydroxylation is 3. The number of halogens is 1. The van der Waals surface area contributed by atoms with Crippen LogP contribution in [-0.4, -0.2) is 14.5 Å². The SMILES string of the molecule is CCCCn1c(-c2cccnc2Br)nc2cc(C)c(C)cc21. The van der Waals surface area contributed by atoms with Crippen molar-refractivity contribution < 1.29 is 0 Å². The van der Waals surface area contributed by atoms with Gasteiger partial charge in [0.25, 0.3) is 0 Å². The Morgan fingerprint density at radius 3 is 2.68 bits per heavy atom. The molecule has 0 amide bonds. The number of hydrogen-bond donors (Lipinski definition) is 0. The molecule has 0 spiro atoms. The molecular formula is C18H20BrN3. The summed E-state index contributed by atoms with van der Waals surface area (Å²) in [6.45, 7) is 7.49. The van der Waals surface area contributed by atoms with E-state index < -0.39 is 0 Å². The summed E-state index contributed by atoms with van der Waals surface area (Å²) in [4.78, 5) is 9.24. The fraction of sp³-hybridized carbons (Fsp3) is 0.333. The van der Waals surface area contributed by atoms with Gasteiger partial charge in [-0.3, -0.25) is 0 Å². The van der Waals surface area contributed by atoms with Crippen LogP contribution in [0.3, 0.4) is 0 Å². The molecule has 0 fully saturated rings. The lowest BCUT2D eigenvalue weighted by atomic mass is 10.1. The summed E-state index contributed by atoms with van der Waals surface area (Å²) < 4.78 is 3.17. The Morgan fingerprint density at radius 2 is 1.95 bits per heavy atom. The average Bonchev–Trinajstić information content (AvgIpc) is 2.83. The van der Waals surface area contributed by atoms with Crippen molar-refractivity contribution in [2.45, 2.75) is 40.2 Å². The highest BCUT2D eigenvalue weighted by Gasteiger charge is 2.15. The van der Waals surface area contributed by atoms with Gasteiger partial charge in [-0.05, 0) is 71.6 Å². The normalized spacial score (nSPS) is 11.3. The van der Waals surface area contributed by atoms with Gasteiger partial charge in [-0.15, -0.1) is 0 Å². The first-order valence-corrected chi connectivity index (χ1v) is 8.49. The topological polar surface area (TPSA) is 30.7 Å². The molecule has 2 aromatic heterocycles. The zero-order chi connectivity index (χ0) is 15.7. The maximum Gasteiger partial charge on any atom is 0.143 e. The van der Waals surface area contributed by atoms with Gasteiger partial charge in [0, 0.05) is 12.7 Å². The van der Waals surface area contributed by atoms with Crippen molar-refractivity contribution in [1.82, 2.24) is 14.5 Å². The number of fused-ring (bicyclic) bond motifs is 1. The second-order valence-corrected chi connectivity index (χ2v) is 6.46. The van der Waals surface area contributed by atoms with Crippen LogP contribution in [0.15, 0.2) is 35.1 Å². The number of benzene rings is 1. The van der Waals surface area contributed by atoms with Gasteiger partial charge in [0.15, 0.2) is 0 Å². The largest absolute Gasteiger partial charge is 0.324 e. The highest BCUT2D eigenvalue weighted by molar-refractivity contribution is 9.10. The third kappa shape index (κ3) is 2.68. The molecule has 0 bridgehead atoms. The van der Waals surface area contributed by atoms with Gasteiger partial charge < -0.3 is 4.57 Å². The minimum Gasteiger partial charge on any atom is -0.324 e. The highest BCUT2D eigenvalue weighted by Crippen LogP contribution is 2.30. The van der Waals surface area contributed by atoms with Crippen LogP contribution in [-0.2, 0) is 6.54 Å². The summed E-state index contributed by atoms with van der Waals surface area (Å²) >= 11 is 3.56. The van der Waals surface area contributed by atoms with Crippen molar-refractivity contribution in [1.29, 1.82) is 0 Å². The third-order valence-corrected chi connectivity index (χ3v) is 4.73. The first kappa shape index (κ1) is 15.2. The standard InChI is InChI=1S/C18H20BrN3/c1-4-5-9-22-16-11-13(3)12(2)10-15(16)21-18(22)14-7-6-8-20-17(14)19/h6-8,10-11H,4-5,9H2,1-3H3. The van der Waals surface area contributed by atoms with E-state index in [4.69, 9.17) is 4.98 Å². The van der Waals surface area contributed by atoms with Crippen molar-refractivity contribution in [3.63, 3.8) is 0 Å². The monoisotopic (exact) mass is 357 g/mol. The molecule has 22 heavy (non-hydrogen) atoms. The second-order valence-electron chi connectivity index (χ2n) is 5.71. The second kappa shape index (κ2) is 6.21. The molecular weight excluding hydrogens is 338 g/mol. The van der Waals surface area contributed by atoms with Crippen molar-refractivity contribution in [2.24, 2.45) is 0 Å². The van der Waals surface area contributed by atoms with E-state index in [1.807, 2.05) is 6.07 Å². The zero-order valence-electron chi connectivity index (χ0n) is 13.2. The molecule has 3 aromatic rings. The predicted molar refractivity (Wildman–Crippen MR) is 95.0 cm³/mol. The van der Waals surface area contributed by atoms with Crippen LogP contribution in [0.4, 0.5) is 0 Å². The first-order valence-electron chi connectivity index (χ1n) is 7.70. The molecule has 0 aliphatic heterocycles. The van der Waals surface area contributed by atoms with Crippen LogP contribution in [0.2, 0.25) is 0 Å². The molecule has 114 valence electrons.